The van der Waals surface area contributed by atoms with Gasteiger partial charge < -0.3 is 9.67 Å². The Balaban J connectivity index is 1.46. The summed E-state index contributed by atoms with van der Waals surface area (Å²) in [5.41, 5.74) is 1.62. The monoisotopic (exact) mass is 431 g/mol. The fourth-order valence-corrected chi connectivity index (χ4v) is 5.82. The zero-order chi connectivity index (χ0) is 20.6. The molecule has 0 saturated heterocycles. The number of para-hydroxylation sites is 2. The highest BCUT2D eigenvalue weighted by molar-refractivity contribution is 7.99. The minimum Gasteiger partial charge on any atom is -0.480 e. The van der Waals surface area contributed by atoms with Crippen LogP contribution in [0.15, 0.2) is 58.6 Å². The van der Waals surface area contributed by atoms with Gasteiger partial charge in [-0.3, -0.25) is 9.59 Å². The minimum absolute atomic E-state index is 0.0425. The average Bonchev–Trinajstić information content (AvgIpc) is 3.13. The van der Waals surface area contributed by atoms with Gasteiger partial charge in [-0.25, -0.2) is 17.7 Å². The first-order valence-corrected chi connectivity index (χ1v) is 11.3. The lowest BCUT2D eigenvalue weighted by atomic mass is 10.2. The molecule has 4 rings (SSSR count). The standard InChI is InChI=1S/C19H17N3O5S2/c23-17(24)12-21-15-8-3-2-7-14(15)20-19(21)28-11-5-10-22-18(25)13-6-1-4-9-16(13)29(22,26)27/h1-4,6-9H,5,10-12H2,(H,23,24). The lowest BCUT2D eigenvalue weighted by Gasteiger charge is -2.14. The van der Waals surface area contributed by atoms with Crippen LogP contribution in [0.2, 0.25) is 0 Å². The lowest BCUT2D eigenvalue weighted by Crippen LogP contribution is -2.31. The van der Waals surface area contributed by atoms with Crippen molar-refractivity contribution < 1.29 is 23.1 Å². The number of hydrogen-bond donors (Lipinski definition) is 1. The van der Waals surface area contributed by atoms with Crippen LogP contribution in [0.1, 0.15) is 16.8 Å². The number of amides is 1. The van der Waals surface area contributed by atoms with Crippen LogP contribution < -0.4 is 0 Å². The summed E-state index contributed by atoms with van der Waals surface area (Å²) in [5.74, 6) is -0.997. The Bertz CT molecular complexity index is 1220. The number of carbonyl (C=O) groups is 2. The molecule has 1 amide bonds. The third-order valence-electron chi connectivity index (χ3n) is 4.56. The molecule has 10 heteroatoms. The van der Waals surface area contributed by atoms with Crippen LogP contribution in [0.4, 0.5) is 0 Å². The van der Waals surface area contributed by atoms with Gasteiger partial charge in [0.1, 0.15) is 11.4 Å². The smallest absolute Gasteiger partial charge is 0.323 e. The van der Waals surface area contributed by atoms with Gasteiger partial charge in [0, 0.05) is 12.3 Å². The first-order valence-electron chi connectivity index (χ1n) is 8.85. The van der Waals surface area contributed by atoms with Gasteiger partial charge in [0.05, 0.1) is 16.6 Å². The van der Waals surface area contributed by atoms with E-state index in [1.807, 2.05) is 24.3 Å². The summed E-state index contributed by atoms with van der Waals surface area (Å²) in [6.45, 7) is -0.154. The maximum atomic E-state index is 12.6. The third-order valence-corrected chi connectivity index (χ3v) is 7.46. The largest absolute Gasteiger partial charge is 0.480 e. The molecule has 0 fully saturated rings. The van der Waals surface area contributed by atoms with Crippen molar-refractivity contribution in [2.45, 2.75) is 23.0 Å². The molecule has 0 radical (unpaired) electrons. The van der Waals surface area contributed by atoms with E-state index in [9.17, 15) is 23.1 Å². The molecule has 3 aromatic rings. The highest BCUT2D eigenvalue weighted by atomic mass is 32.2. The van der Waals surface area contributed by atoms with Gasteiger partial charge in [-0.15, -0.1) is 0 Å². The van der Waals surface area contributed by atoms with E-state index in [-0.39, 0.29) is 23.5 Å². The molecule has 0 saturated carbocycles. The van der Waals surface area contributed by atoms with E-state index in [4.69, 9.17) is 0 Å². The predicted octanol–water partition coefficient (Wildman–Crippen LogP) is 2.45. The molecular formula is C19H17N3O5S2. The Hall–Kier alpha value is -2.85. The molecular weight excluding hydrogens is 414 g/mol. The highest BCUT2D eigenvalue weighted by Gasteiger charge is 2.40. The SMILES string of the molecule is O=C(O)Cn1c(SCCCN2C(=O)c3ccccc3S2(=O)=O)nc2ccccc21. The molecule has 2 heterocycles. The molecule has 2 aromatic carbocycles. The van der Waals surface area contributed by atoms with E-state index in [2.05, 4.69) is 4.98 Å². The number of sulfonamides is 1. The van der Waals surface area contributed by atoms with Gasteiger partial charge in [0.2, 0.25) is 0 Å². The van der Waals surface area contributed by atoms with Crippen molar-refractivity contribution in [3.05, 3.63) is 54.1 Å². The number of rotatable bonds is 7. The molecule has 150 valence electrons. The Morgan fingerprint density at radius 3 is 2.59 bits per heavy atom. The topological polar surface area (TPSA) is 110 Å². The van der Waals surface area contributed by atoms with Gasteiger partial charge in [-0.05, 0) is 30.7 Å². The number of aromatic nitrogens is 2. The normalized spacial score (nSPS) is 15.0. The first-order chi connectivity index (χ1) is 13.9. The summed E-state index contributed by atoms with van der Waals surface area (Å²) in [7, 11) is -3.81. The Labute approximate surface area is 171 Å². The molecule has 8 nitrogen and oxygen atoms in total. The molecule has 0 atom stereocenters. The van der Waals surface area contributed by atoms with Crippen LogP contribution in [0.3, 0.4) is 0 Å². The zero-order valence-electron chi connectivity index (χ0n) is 15.2. The second-order valence-corrected chi connectivity index (χ2v) is 9.34. The van der Waals surface area contributed by atoms with Crippen molar-refractivity contribution in [2.75, 3.05) is 12.3 Å². The molecule has 0 bridgehead atoms. The minimum atomic E-state index is -3.81. The van der Waals surface area contributed by atoms with Crippen LogP contribution >= 0.6 is 11.8 Å². The van der Waals surface area contributed by atoms with Crippen molar-refractivity contribution in [1.29, 1.82) is 0 Å². The fourth-order valence-electron chi connectivity index (χ4n) is 3.28. The number of nitrogens with zero attached hydrogens (tertiary/aromatic N) is 3. The van der Waals surface area contributed by atoms with Crippen molar-refractivity contribution in [3.63, 3.8) is 0 Å². The van der Waals surface area contributed by atoms with Crippen molar-refractivity contribution in [2.24, 2.45) is 0 Å². The Morgan fingerprint density at radius 2 is 1.83 bits per heavy atom. The van der Waals surface area contributed by atoms with Gasteiger partial charge >= 0.3 is 5.97 Å². The zero-order valence-corrected chi connectivity index (χ0v) is 16.8. The summed E-state index contributed by atoms with van der Waals surface area (Å²) in [4.78, 5) is 28.2. The lowest BCUT2D eigenvalue weighted by molar-refractivity contribution is -0.137. The number of carboxylic acids is 1. The van der Waals surface area contributed by atoms with E-state index in [1.165, 1.54) is 23.9 Å². The molecule has 1 aliphatic heterocycles. The van der Waals surface area contributed by atoms with E-state index >= 15 is 0 Å². The highest BCUT2D eigenvalue weighted by Crippen LogP contribution is 2.30. The molecule has 29 heavy (non-hydrogen) atoms. The third kappa shape index (κ3) is 3.49. The number of carboxylic acid groups (broad SMARTS) is 1. The summed E-state index contributed by atoms with van der Waals surface area (Å²) in [6, 6.07) is 13.4. The fraction of sp³-hybridized carbons (Fsp3) is 0.211. The second kappa shape index (κ2) is 7.53. The Kier molecular flexibility index (Phi) is 5.05. The van der Waals surface area contributed by atoms with Crippen molar-refractivity contribution >= 4 is 44.7 Å². The van der Waals surface area contributed by atoms with Crippen molar-refractivity contribution in [1.82, 2.24) is 13.9 Å². The van der Waals surface area contributed by atoms with Crippen LogP contribution in [0.25, 0.3) is 11.0 Å². The van der Waals surface area contributed by atoms with Crippen LogP contribution in [0.5, 0.6) is 0 Å². The first kappa shape index (κ1) is 19.5. The van der Waals surface area contributed by atoms with Gasteiger partial charge in [-0.1, -0.05) is 36.0 Å². The van der Waals surface area contributed by atoms with Gasteiger partial charge in [-0.2, -0.15) is 0 Å². The summed E-state index contributed by atoms with van der Waals surface area (Å²) in [6.07, 6.45) is 0.417. The molecule has 0 aliphatic carbocycles. The van der Waals surface area contributed by atoms with E-state index in [0.29, 0.717) is 22.8 Å². The van der Waals surface area contributed by atoms with Gasteiger partial charge in [0.15, 0.2) is 5.16 Å². The van der Waals surface area contributed by atoms with Gasteiger partial charge in [0.25, 0.3) is 15.9 Å². The maximum absolute atomic E-state index is 12.6. The van der Waals surface area contributed by atoms with E-state index in [0.717, 1.165) is 9.82 Å². The summed E-state index contributed by atoms with van der Waals surface area (Å²) in [5, 5.41) is 9.74. The predicted molar refractivity (Wildman–Crippen MR) is 107 cm³/mol. The average molecular weight is 431 g/mol. The number of imidazole rings is 1. The van der Waals surface area contributed by atoms with E-state index in [1.54, 1.807) is 16.7 Å². The molecule has 0 unspecified atom stereocenters. The quantitative estimate of drug-likeness (QED) is 0.452. The number of thioether (sulfide) groups is 1. The van der Waals surface area contributed by atoms with Crippen molar-refractivity contribution in [3.8, 4) is 0 Å². The Morgan fingerprint density at radius 1 is 1.10 bits per heavy atom. The maximum Gasteiger partial charge on any atom is 0.323 e. The second-order valence-electron chi connectivity index (χ2n) is 6.44. The number of aliphatic carboxylic acids is 1. The summed E-state index contributed by atoms with van der Waals surface area (Å²) >= 11 is 1.34. The molecule has 0 spiro atoms. The number of fused-ring (bicyclic) bond motifs is 2. The number of carbonyl (C=O) groups excluding carboxylic acids is 1. The molecule has 1 aromatic heterocycles. The number of benzene rings is 2. The molecule has 1 aliphatic rings. The van der Waals surface area contributed by atoms with E-state index < -0.39 is 21.9 Å². The van der Waals surface area contributed by atoms with Crippen LogP contribution in [-0.2, 0) is 21.4 Å². The van der Waals surface area contributed by atoms with Crippen LogP contribution in [-0.4, -0.2) is 51.6 Å². The molecule has 1 N–H and O–H groups in total. The number of hydrogen-bond acceptors (Lipinski definition) is 6. The summed E-state index contributed by atoms with van der Waals surface area (Å²) < 4.78 is 27.7. The van der Waals surface area contributed by atoms with Crippen LogP contribution in [0, 0.1) is 0 Å².